The molecular formula is C12H14BrN3O3S. The summed E-state index contributed by atoms with van der Waals surface area (Å²) in [5, 5.41) is 6.55. The van der Waals surface area contributed by atoms with Crippen LogP contribution in [0.1, 0.15) is 11.4 Å². The lowest BCUT2D eigenvalue weighted by Crippen LogP contribution is -2.14. The summed E-state index contributed by atoms with van der Waals surface area (Å²) in [6.45, 7) is 3.30. The third-order valence-electron chi connectivity index (χ3n) is 2.73. The molecule has 0 saturated heterocycles. The second kappa shape index (κ2) is 5.45. The van der Waals surface area contributed by atoms with Crippen molar-refractivity contribution in [2.45, 2.75) is 18.7 Å². The minimum Gasteiger partial charge on any atom is -0.495 e. The van der Waals surface area contributed by atoms with Gasteiger partial charge in [0.2, 0.25) is 0 Å². The molecule has 6 nitrogen and oxygen atoms in total. The number of aromatic nitrogens is 2. The van der Waals surface area contributed by atoms with Crippen LogP contribution in [0.3, 0.4) is 0 Å². The minimum absolute atomic E-state index is 0.166. The Labute approximate surface area is 125 Å². The van der Waals surface area contributed by atoms with Crippen LogP contribution in [0.25, 0.3) is 0 Å². The second-order valence-corrected chi connectivity index (χ2v) is 6.69. The number of sulfonamides is 1. The molecule has 0 atom stereocenters. The zero-order chi connectivity index (χ0) is 14.9. The topological polar surface area (TPSA) is 84.1 Å². The first-order chi connectivity index (χ1) is 9.35. The van der Waals surface area contributed by atoms with Crippen molar-refractivity contribution in [3.05, 3.63) is 34.1 Å². The Morgan fingerprint density at radius 1 is 1.35 bits per heavy atom. The number of methoxy groups -OCH3 is 1. The van der Waals surface area contributed by atoms with Crippen molar-refractivity contribution in [2.24, 2.45) is 0 Å². The van der Waals surface area contributed by atoms with Gasteiger partial charge in [0.15, 0.2) is 0 Å². The van der Waals surface area contributed by atoms with E-state index >= 15 is 0 Å². The molecule has 1 aromatic heterocycles. The number of aryl methyl sites for hydroxylation is 2. The van der Waals surface area contributed by atoms with Crippen LogP contribution in [-0.2, 0) is 10.0 Å². The maximum absolute atomic E-state index is 12.4. The highest BCUT2D eigenvalue weighted by molar-refractivity contribution is 9.10. The molecule has 0 aliphatic carbocycles. The Morgan fingerprint density at radius 2 is 2.05 bits per heavy atom. The summed E-state index contributed by atoms with van der Waals surface area (Å²) in [6.07, 6.45) is 0. The van der Waals surface area contributed by atoms with Crippen LogP contribution in [0.2, 0.25) is 0 Å². The number of nitrogens with zero attached hydrogens (tertiary/aromatic N) is 1. The van der Waals surface area contributed by atoms with Gasteiger partial charge >= 0.3 is 0 Å². The zero-order valence-corrected chi connectivity index (χ0v) is 13.6. The average Bonchev–Trinajstić information content (AvgIpc) is 2.71. The molecule has 0 radical (unpaired) electrons. The Hall–Kier alpha value is -1.54. The van der Waals surface area contributed by atoms with E-state index in [1.165, 1.54) is 7.11 Å². The van der Waals surface area contributed by atoms with E-state index in [9.17, 15) is 8.42 Å². The van der Waals surface area contributed by atoms with Crippen molar-refractivity contribution >= 4 is 31.6 Å². The SMILES string of the molecule is COc1cc(NS(=O)(=O)c2c(C)n[nH]c2C)ccc1Br. The van der Waals surface area contributed by atoms with E-state index in [1.807, 2.05) is 0 Å². The van der Waals surface area contributed by atoms with Gasteiger partial charge in [-0.25, -0.2) is 8.42 Å². The van der Waals surface area contributed by atoms with Gasteiger partial charge in [0.1, 0.15) is 10.6 Å². The Bertz CT molecular complexity index is 721. The number of anilines is 1. The van der Waals surface area contributed by atoms with Crippen LogP contribution in [0.5, 0.6) is 5.75 Å². The zero-order valence-electron chi connectivity index (χ0n) is 11.2. The van der Waals surface area contributed by atoms with Gasteiger partial charge in [-0.1, -0.05) is 0 Å². The molecule has 2 aromatic rings. The lowest BCUT2D eigenvalue weighted by atomic mass is 10.3. The number of hydrogen-bond donors (Lipinski definition) is 2. The van der Waals surface area contributed by atoms with Gasteiger partial charge in [-0.2, -0.15) is 5.10 Å². The maximum Gasteiger partial charge on any atom is 0.265 e. The molecule has 0 bridgehead atoms. The molecule has 1 heterocycles. The largest absolute Gasteiger partial charge is 0.495 e. The van der Waals surface area contributed by atoms with Crippen molar-refractivity contribution < 1.29 is 13.2 Å². The number of H-pyrrole nitrogens is 1. The third kappa shape index (κ3) is 2.80. The third-order valence-corrected chi connectivity index (χ3v) is 5.03. The van der Waals surface area contributed by atoms with Gasteiger partial charge in [-0.15, -0.1) is 0 Å². The number of hydrogen-bond acceptors (Lipinski definition) is 4. The van der Waals surface area contributed by atoms with Gasteiger partial charge in [-0.3, -0.25) is 9.82 Å². The van der Waals surface area contributed by atoms with Crippen LogP contribution in [0.15, 0.2) is 27.6 Å². The molecule has 1 aromatic carbocycles. The highest BCUT2D eigenvalue weighted by Gasteiger charge is 2.22. The van der Waals surface area contributed by atoms with Gasteiger partial charge in [-0.05, 0) is 41.9 Å². The number of rotatable bonds is 4. The number of benzene rings is 1. The lowest BCUT2D eigenvalue weighted by molar-refractivity contribution is 0.412. The number of aromatic amines is 1. The fraction of sp³-hybridized carbons (Fsp3) is 0.250. The summed E-state index contributed by atoms with van der Waals surface area (Å²) in [7, 11) is -2.17. The van der Waals surface area contributed by atoms with Crippen LogP contribution in [0, 0.1) is 13.8 Å². The summed E-state index contributed by atoms with van der Waals surface area (Å²) in [5.74, 6) is 0.547. The van der Waals surface area contributed by atoms with E-state index in [0.717, 1.165) is 4.47 Å². The lowest BCUT2D eigenvalue weighted by Gasteiger charge is -2.10. The monoisotopic (exact) mass is 359 g/mol. The normalized spacial score (nSPS) is 11.4. The Morgan fingerprint density at radius 3 is 2.60 bits per heavy atom. The molecule has 20 heavy (non-hydrogen) atoms. The van der Waals surface area contributed by atoms with Crippen molar-refractivity contribution in [1.82, 2.24) is 10.2 Å². The van der Waals surface area contributed by atoms with E-state index < -0.39 is 10.0 Å². The van der Waals surface area contributed by atoms with E-state index in [2.05, 4.69) is 30.8 Å². The fourth-order valence-electron chi connectivity index (χ4n) is 1.87. The van der Waals surface area contributed by atoms with Crippen molar-refractivity contribution in [1.29, 1.82) is 0 Å². The first kappa shape index (κ1) is 14.9. The smallest absolute Gasteiger partial charge is 0.265 e. The predicted octanol–water partition coefficient (Wildman–Crippen LogP) is 2.60. The number of ether oxygens (including phenoxy) is 1. The standard InChI is InChI=1S/C12H14BrN3O3S/c1-7-12(8(2)15-14-7)20(17,18)16-9-4-5-10(13)11(6-9)19-3/h4-6,16H,1-3H3,(H,14,15). The number of halogens is 1. The van der Waals surface area contributed by atoms with E-state index in [0.29, 0.717) is 22.8 Å². The fourth-order valence-corrected chi connectivity index (χ4v) is 3.70. The summed E-state index contributed by atoms with van der Waals surface area (Å²) >= 11 is 3.31. The maximum atomic E-state index is 12.4. The highest BCUT2D eigenvalue weighted by atomic mass is 79.9. The Kier molecular flexibility index (Phi) is 4.05. The molecule has 0 unspecified atom stereocenters. The van der Waals surface area contributed by atoms with Crippen LogP contribution >= 0.6 is 15.9 Å². The molecule has 0 saturated carbocycles. The second-order valence-electron chi connectivity index (χ2n) is 4.22. The summed E-state index contributed by atoms with van der Waals surface area (Å²) < 4.78 is 33.1. The molecule has 108 valence electrons. The van der Waals surface area contributed by atoms with Crippen LogP contribution in [-0.4, -0.2) is 25.7 Å². The highest BCUT2D eigenvalue weighted by Crippen LogP contribution is 2.29. The molecule has 0 fully saturated rings. The van der Waals surface area contributed by atoms with Crippen LogP contribution in [0.4, 0.5) is 5.69 Å². The summed E-state index contributed by atoms with van der Waals surface area (Å²) in [4.78, 5) is 0.166. The molecule has 0 amide bonds. The predicted molar refractivity (Wildman–Crippen MR) is 79.6 cm³/mol. The van der Waals surface area contributed by atoms with Crippen LogP contribution < -0.4 is 9.46 Å². The molecule has 2 rings (SSSR count). The van der Waals surface area contributed by atoms with Gasteiger partial charge in [0.25, 0.3) is 10.0 Å². The summed E-state index contributed by atoms with van der Waals surface area (Å²) in [6, 6.07) is 4.97. The number of nitrogens with one attached hydrogen (secondary N) is 2. The molecule has 0 aliphatic heterocycles. The van der Waals surface area contributed by atoms with Gasteiger partial charge in [0.05, 0.1) is 28.7 Å². The molecule has 8 heteroatoms. The molecule has 0 spiro atoms. The first-order valence-corrected chi connectivity index (χ1v) is 8.00. The van der Waals surface area contributed by atoms with Crippen molar-refractivity contribution in [3.63, 3.8) is 0 Å². The van der Waals surface area contributed by atoms with Crippen molar-refractivity contribution in [2.75, 3.05) is 11.8 Å². The van der Waals surface area contributed by atoms with Gasteiger partial charge in [0, 0.05) is 6.07 Å². The van der Waals surface area contributed by atoms with E-state index in [1.54, 1.807) is 32.0 Å². The summed E-state index contributed by atoms with van der Waals surface area (Å²) in [5.41, 5.74) is 1.35. The van der Waals surface area contributed by atoms with Crippen molar-refractivity contribution in [3.8, 4) is 5.75 Å². The minimum atomic E-state index is -3.68. The molecular weight excluding hydrogens is 346 g/mol. The van der Waals surface area contributed by atoms with Gasteiger partial charge < -0.3 is 4.74 Å². The molecule has 0 aliphatic rings. The average molecular weight is 360 g/mol. The quantitative estimate of drug-likeness (QED) is 0.878. The van der Waals surface area contributed by atoms with E-state index in [-0.39, 0.29) is 4.90 Å². The molecule has 2 N–H and O–H groups in total. The first-order valence-electron chi connectivity index (χ1n) is 5.73. The Balaban J connectivity index is 2.39. The van der Waals surface area contributed by atoms with E-state index in [4.69, 9.17) is 4.74 Å².